The highest BCUT2D eigenvalue weighted by atomic mass is 32.2. The van der Waals surface area contributed by atoms with Crippen LogP contribution < -0.4 is 0 Å². The van der Waals surface area contributed by atoms with E-state index in [-0.39, 0.29) is 5.91 Å². The molecule has 0 aromatic rings. The molecule has 2 nitrogen and oxygen atoms in total. The fourth-order valence-electron chi connectivity index (χ4n) is 0.667. The highest BCUT2D eigenvalue weighted by Gasteiger charge is 2.20. The summed E-state index contributed by atoms with van der Waals surface area (Å²) in [4.78, 5) is 13.4. The maximum absolute atomic E-state index is 11.0. The Hall–Kier alpha value is -0.700. The number of thioether (sulfide) groups is 1. The lowest BCUT2D eigenvalue weighted by atomic mass is 10.4. The van der Waals surface area contributed by atoms with Crippen LogP contribution in [0.4, 0.5) is 0 Å². The average Bonchev–Trinajstić information content (AvgIpc) is 1.93. The molecular formula is C7H9NOS. The van der Waals surface area contributed by atoms with E-state index in [0.29, 0.717) is 5.75 Å². The Morgan fingerprint density at radius 2 is 2.20 bits per heavy atom. The van der Waals surface area contributed by atoms with E-state index in [0.717, 1.165) is 10.6 Å². The third-order valence-corrected chi connectivity index (χ3v) is 2.45. The van der Waals surface area contributed by atoms with Gasteiger partial charge in [-0.25, -0.2) is 0 Å². The molecule has 0 unspecified atom stereocenters. The molecule has 1 heterocycles. The van der Waals surface area contributed by atoms with Gasteiger partial charge < -0.3 is 4.90 Å². The van der Waals surface area contributed by atoms with Crippen molar-refractivity contribution in [3.8, 4) is 0 Å². The van der Waals surface area contributed by atoms with Gasteiger partial charge in [-0.3, -0.25) is 4.79 Å². The van der Waals surface area contributed by atoms with E-state index in [9.17, 15) is 4.79 Å². The first-order chi connectivity index (χ1) is 4.63. The van der Waals surface area contributed by atoms with Crippen LogP contribution in [0, 0.1) is 0 Å². The fraction of sp³-hybridized carbons (Fsp3) is 0.286. The molecule has 54 valence electrons. The number of carbonyl (C=O) groups is 1. The van der Waals surface area contributed by atoms with E-state index in [1.807, 2.05) is 0 Å². The van der Waals surface area contributed by atoms with Crippen molar-refractivity contribution in [1.82, 2.24) is 4.90 Å². The second kappa shape index (κ2) is 2.50. The zero-order valence-corrected chi connectivity index (χ0v) is 6.70. The molecule has 0 bridgehead atoms. The van der Waals surface area contributed by atoms with Gasteiger partial charge in [0.25, 0.3) is 0 Å². The quantitative estimate of drug-likeness (QED) is 0.524. The van der Waals surface area contributed by atoms with Gasteiger partial charge in [-0.1, -0.05) is 13.2 Å². The number of hydrogen-bond donors (Lipinski definition) is 0. The van der Waals surface area contributed by atoms with Crippen LogP contribution in [0.25, 0.3) is 0 Å². The summed E-state index contributed by atoms with van der Waals surface area (Å²) in [5, 5.41) is 0. The van der Waals surface area contributed by atoms with Crippen molar-refractivity contribution >= 4 is 17.7 Å². The number of hydrogen-bond acceptors (Lipinski definition) is 2. The van der Waals surface area contributed by atoms with Crippen molar-refractivity contribution in [2.24, 2.45) is 0 Å². The fourth-order valence-corrected chi connectivity index (χ4v) is 1.46. The summed E-state index contributed by atoms with van der Waals surface area (Å²) in [5.41, 5.74) is 0.723. The number of nitrogens with zero attached hydrogens (tertiary/aromatic N) is 1. The SMILES string of the molecule is C=C1SCC(=O)N(C)C1=C. The molecule has 0 N–H and O–H groups in total. The number of likely N-dealkylation sites (N-methyl/N-ethyl adjacent to an activating group) is 1. The molecule has 0 aromatic heterocycles. The van der Waals surface area contributed by atoms with Crippen molar-refractivity contribution in [1.29, 1.82) is 0 Å². The first-order valence-corrected chi connectivity index (χ1v) is 3.89. The Kier molecular flexibility index (Phi) is 1.85. The smallest absolute Gasteiger partial charge is 0.237 e. The minimum atomic E-state index is 0.0994. The Morgan fingerprint density at radius 1 is 1.60 bits per heavy atom. The molecule has 3 heteroatoms. The van der Waals surface area contributed by atoms with Crippen LogP contribution >= 0.6 is 11.8 Å². The van der Waals surface area contributed by atoms with Gasteiger partial charge in [-0.15, -0.1) is 11.8 Å². The van der Waals surface area contributed by atoms with Gasteiger partial charge in [0.2, 0.25) is 5.91 Å². The molecule has 1 aliphatic rings. The predicted molar refractivity (Wildman–Crippen MR) is 43.5 cm³/mol. The second-order valence-corrected chi connectivity index (χ2v) is 3.18. The highest BCUT2D eigenvalue weighted by molar-refractivity contribution is 8.04. The van der Waals surface area contributed by atoms with Crippen LogP contribution in [-0.4, -0.2) is 23.6 Å². The Morgan fingerprint density at radius 3 is 2.70 bits per heavy atom. The summed E-state index contributed by atoms with van der Waals surface area (Å²) in [6.45, 7) is 7.46. The minimum Gasteiger partial charge on any atom is -0.314 e. The molecule has 0 atom stereocenters. The molecular weight excluding hydrogens is 146 g/mol. The molecule has 10 heavy (non-hydrogen) atoms. The first kappa shape index (κ1) is 7.41. The van der Waals surface area contributed by atoms with Crippen LogP contribution in [0.3, 0.4) is 0 Å². The largest absolute Gasteiger partial charge is 0.314 e. The number of amides is 1. The molecule has 1 aliphatic heterocycles. The average molecular weight is 155 g/mol. The number of carbonyl (C=O) groups excluding carboxylic acids is 1. The molecule has 0 aromatic carbocycles. The summed E-state index contributed by atoms with van der Waals surface area (Å²) in [6, 6.07) is 0. The third kappa shape index (κ3) is 1.09. The van der Waals surface area contributed by atoms with Gasteiger partial charge in [0, 0.05) is 17.6 Å². The number of rotatable bonds is 0. The van der Waals surface area contributed by atoms with E-state index in [4.69, 9.17) is 0 Å². The zero-order chi connectivity index (χ0) is 7.72. The molecule has 1 fully saturated rings. The van der Waals surface area contributed by atoms with E-state index in [1.165, 1.54) is 11.8 Å². The van der Waals surface area contributed by atoms with Crippen molar-refractivity contribution in [2.75, 3.05) is 12.8 Å². The van der Waals surface area contributed by atoms with Gasteiger partial charge in [0.05, 0.1) is 5.75 Å². The Labute approximate surface area is 64.6 Å². The van der Waals surface area contributed by atoms with Gasteiger partial charge in [-0.2, -0.15) is 0 Å². The van der Waals surface area contributed by atoms with Crippen molar-refractivity contribution in [3.63, 3.8) is 0 Å². The lowest BCUT2D eigenvalue weighted by Gasteiger charge is -2.25. The predicted octanol–water partition coefficient (Wildman–Crippen LogP) is 1.22. The molecule has 0 radical (unpaired) electrons. The normalized spacial score (nSPS) is 20.1. The van der Waals surface area contributed by atoms with Crippen LogP contribution in [0.1, 0.15) is 0 Å². The molecule has 0 aliphatic carbocycles. The molecule has 0 spiro atoms. The lowest BCUT2D eigenvalue weighted by molar-refractivity contribution is -0.125. The van der Waals surface area contributed by atoms with Gasteiger partial charge in [-0.05, 0) is 0 Å². The minimum absolute atomic E-state index is 0.0994. The van der Waals surface area contributed by atoms with E-state index in [2.05, 4.69) is 13.2 Å². The van der Waals surface area contributed by atoms with Crippen LogP contribution in [0.2, 0.25) is 0 Å². The molecule has 1 saturated heterocycles. The van der Waals surface area contributed by atoms with E-state index in [1.54, 1.807) is 11.9 Å². The van der Waals surface area contributed by atoms with E-state index >= 15 is 0 Å². The summed E-state index contributed by atoms with van der Waals surface area (Å²) < 4.78 is 0. The van der Waals surface area contributed by atoms with Gasteiger partial charge in [0.1, 0.15) is 0 Å². The van der Waals surface area contributed by atoms with Crippen molar-refractivity contribution in [3.05, 3.63) is 23.8 Å². The zero-order valence-electron chi connectivity index (χ0n) is 5.89. The summed E-state index contributed by atoms with van der Waals surface area (Å²) >= 11 is 1.45. The lowest BCUT2D eigenvalue weighted by Crippen LogP contribution is -2.31. The highest BCUT2D eigenvalue weighted by Crippen LogP contribution is 2.28. The molecule has 1 rings (SSSR count). The molecule has 1 amide bonds. The topological polar surface area (TPSA) is 20.3 Å². The van der Waals surface area contributed by atoms with E-state index < -0.39 is 0 Å². The van der Waals surface area contributed by atoms with Crippen LogP contribution in [0.5, 0.6) is 0 Å². The first-order valence-electron chi connectivity index (χ1n) is 2.90. The van der Waals surface area contributed by atoms with Crippen molar-refractivity contribution < 1.29 is 4.79 Å². The maximum Gasteiger partial charge on any atom is 0.237 e. The summed E-state index contributed by atoms with van der Waals surface area (Å²) in [7, 11) is 1.72. The third-order valence-electron chi connectivity index (χ3n) is 1.47. The monoisotopic (exact) mass is 155 g/mol. The second-order valence-electron chi connectivity index (χ2n) is 2.11. The van der Waals surface area contributed by atoms with Crippen molar-refractivity contribution in [2.45, 2.75) is 0 Å². The van der Waals surface area contributed by atoms with Crippen LogP contribution in [-0.2, 0) is 4.79 Å². The summed E-state index contributed by atoms with van der Waals surface area (Å²) in [5.74, 6) is 0.594. The standard InChI is InChI=1S/C7H9NOS/c1-5-6(2)10-4-7(9)8(5)3/h1-2,4H2,3H3. The van der Waals surface area contributed by atoms with Gasteiger partial charge in [0.15, 0.2) is 0 Å². The Bertz CT molecular complexity index is 210. The molecule has 0 saturated carbocycles. The Balaban J connectivity index is 2.79. The van der Waals surface area contributed by atoms with Crippen LogP contribution in [0.15, 0.2) is 23.8 Å². The van der Waals surface area contributed by atoms with Gasteiger partial charge >= 0.3 is 0 Å². The maximum atomic E-state index is 11.0. The summed E-state index contributed by atoms with van der Waals surface area (Å²) in [6.07, 6.45) is 0.